The fraction of sp³-hybridized carbons (Fsp3) is 0.400. The van der Waals surface area contributed by atoms with Gasteiger partial charge >= 0.3 is 0 Å². The van der Waals surface area contributed by atoms with Crippen LogP contribution in [0.3, 0.4) is 0 Å². The first kappa shape index (κ1) is 10.9. The number of aryl methyl sites for hydroxylation is 1. The monoisotopic (exact) mass is 199 g/mol. The summed E-state index contributed by atoms with van der Waals surface area (Å²) in [6, 6.07) is 4.69. The normalized spacial score (nSPS) is 12.6. The summed E-state index contributed by atoms with van der Waals surface area (Å²) in [5.74, 6) is -0.360. The lowest BCUT2D eigenvalue weighted by molar-refractivity contribution is 0.105. The zero-order valence-electron chi connectivity index (χ0n) is 8.00. The van der Waals surface area contributed by atoms with Crippen molar-refractivity contribution < 1.29 is 14.6 Å². The van der Waals surface area contributed by atoms with E-state index >= 15 is 0 Å². The van der Waals surface area contributed by atoms with Gasteiger partial charge in [0.15, 0.2) is 0 Å². The van der Waals surface area contributed by atoms with Gasteiger partial charge < -0.3 is 15.5 Å². The highest BCUT2D eigenvalue weighted by Crippen LogP contribution is 2.15. The average Bonchev–Trinajstić information content (AvgIpc) is 2.19. The van der Waals surface area contributed by atoms with Crippen molar-refractivity contribution in [2.75, 3.05) is 18.5 Å². The Balaban J connectivity index is 2.62. The van der Waals surface area contributed by atoms with Crippen LogP contribution in [-0.2, 0) is 0 Å². The fourth-order valence-electron chi connectivity index (χ4n) is 1.07. The van der Waals surface area contributed by atoms with Crippen molar-refractivity contribution >= 4 is 5.69 Å². The van der Waals surface area contributed by atoms with Crippen molar-refractivity contribution in [2.24, 2.45) is 0 Å². The number of halogens is 1. The Morgan fingerprint density at radius 3 is 2.86 bits per heavy atom. The molecule has 3 N–H and O–H groups in total. The van der Waals surface area contributed by atoms with E-state index in [1.54, 1.807) is 12.1 Å². The van der Waals surface area contributed by atoms with Crippen LogP contribution in [0.5, 0.6) is 0 Å². The zero-order chi connectivity index (χ0) is 10.6. The summed E-state index contributed by atoms with van der Waals surface area (Å²) >= 11 is 0. The lowest BCUT2D eigenvalue weighted by Gasteiger charge is -2.11. The van der Waals surface area contributed by atoms with E-state index in [0.29, 0.717) is 5.69 Å². The van der Waals surface area contributed by atoms with E-state index in [9.17, 15) is 4.39 Å². The molecular weight excluding hydrogens is 185 g/mol. The number of aliphatic hydroxyl groups is 2. The first-order chi connectivity index (χ1) is 6.63. The third-order valence-corrected chi connectivity index (χ3v) is 1.86. The first-order valence-corrected chi connectivity index (χ1v) is 4.42. The number of benzene rings is 1. The van der Waals surface area contributed by atoms with Crippen LogP contribution in [0.4, 0.5) is 10.1 Å². The molecule has 4 heteroatoms. The summed E-state index contributed by atoms with van der Waals surface area (Å²) in [6.45, 7) is 1.66. The molecular formula is C10H14FNO2. The lowest BCUT2D eigenvalue weighted by atomic mass is 10.2. The van der Waals surface area contributed by atoms with E-state index in [1.807, 2.05) is 6.92 Å². The van der Waals surface area contributed by atoms with Crippen LogP contribution in [0.15, 0.2) is 18.2 Å². The molecule has 0 bridgehead atoms. The molecule has 0 fully saturated rings. The van der Waals surface area contributed by atoms with Crippen LogP contribution in [0.1, 0.15) is 5.56 Å². The number of rotatable bonds is 4. The highest BCUT2D eigenvalue weighted by atomic mass is 19.1. The lowest BCUT2D eigenvalue weighted by Crippen LogP contribution is -2.23. The Labute approximate surface area is 82.2 Å². The maximum absolute atomic E-state index is 13.1. The quantitative estimate of drug-likeness (QED) is 0.675. The Hall–Kier alpha value is -1.13. The summed E-state index contributed by atoms with van der Waals surface area (Å²) in [7, 11) is 0. The van der Waals surface area contributed by atoms with Gasteiger partial charge in [0.25, 0.3) is 0 Å². The van der Waals surface area contributed by atoms with Gasteiger partial charge in [0.1, 0.15) is 5.82 Å². The molecule has 0 unspecified atom stereocenters. The van der Waals surface area contributed by atoms with Gasteiger partial charge in [0.05, 0.1) is 18.4 Å². The largest absolute Gasteiger partial charge is 0.394 e. The van der Waals surface area contributed by atoms with Gasteiger partial charge in [-0.2, -0.15) is 0 Å². The fourth-order valence-corrected chi connectivity index (χ4v) is 1.07. The third-order valence-electron chi connectivity index (χ3n) is 1.86. The topological polar surface area (TPSA) is 52.5 Å². The van der Waals surface area contributed by atoms with Crippen molar-refractivity contribution in [1.82, 2.24) is 0 Å². The minimum atomic E-state index is -0.866. The van der Waals surface area contributed by atoms with Crippen LogP contribution < -0.4 is 5.32 Å². The molecule has 0 spiro atoms. The molecule has 1 rings (SSSR count). The van der Waals surface area contributed by atoms with Crippen LogP contribution in [0, 0.1) is 12.7 Å². The van der Waals surface area contributed by atoms with Gasteiger partial charge in [0, 0.05) is 6.54 Å². The summed E-state index contributed by atoms with van der Waals surface area (Å²) < 4.78 is 13.1. The standard InChI is InChI=1S/C10H14FNO2/c1-7-2-3-9(11)10(4-7)12-5-8(14)6-13/h2-4,8,12-14H,5-6H2,1H3/t8-/m0/s1. The van der Waals surface area contributed by atoms with Gasteiger partial charge in [-0.25, -0.2) is 4.39 Å². The maximum Gasteiger partial charge on any atom is 0.146 e. The zero-order valence-corrected chi connectivity index (χ0v) is 8.00. The van der Waals surface area contributed by atoms with Crippen LogP contribution >= 0.6 is 0 Å². The number of hydrogen-bond donors (Lipinski definition) is 3. The molecule has 0 heterocycles. The Morgan fingerprint density at radius 2 is 2.21 bits per heavy atom. The Kier molecular flexibility index (Phi) is 3.85. The number of nitrogens with one attached hydrogen (secondary N) is 1. The van der Waals surface area contributed by atoms with Crippen molar-refractivity contribution in [3.8, 4) is 0 Å². The van der Waals surface area contributed by atoms with Gasteiger partial charge in [-0.1, -0.05) is 6.07 Å². The average molecular weight is 199 g/mol. The third kappa shape index (κ3) is 2.97. The van der Waals surface area contributed by atoms with Gasteiger partial charge in [-0.05, 0) is 24.6 Å². The molecule has 3 nitrogen and oxygen atoms in total. The molecule has 14 heavy (non-hydrogen) atoms. The summed E-state index contributed by atoms with van der Waals surface area (Å²) in [5.41, 5.74) is 1.28. The van der Waals surface area contributed by atoms with Crippen LogP contribution in [0.25, 0.3) is 0 Å². The van der Waals surface area contributed by atoms with Crippen LogP contribution in [0.2, 0.25) is 0 Å². The van der Waals surface area contributed by atoms with E-state index < -0.39 is 6.10 Å². The van der Waals surface area contributed by atoms with E-state index in [2.05, 4.69) is 5.32 Å². The number of anilines is 1. The van der Waals surface area contributed by atoms with Gasteiger partial charge in [0.2, 0.25) is 0 Å². The predicted octanol–water partition coefficient (Wildman–Crippen LogP) is 0.899. The molecule has 1 aromatic carbocycles. The highest BCUT2D eigenvalue weighted by molar-refractivity contribution is 5.47. The van der Waals surface area contributed by atoms with E-state index in [4.69, 9.17) is 10.2 Å². The van der Waals surface area contributed by atoms with Crippen molar-refractivity contribution in [3.05, 3.63) is 29.6 Å². The SMILES string of the molecule is Cc1ccc(F)c(NC[C@H](O)CO)c1. The second-order valence-electron chi connectivity index (χ2n) is 3.20. The minimum absolute atomic E-state index is 0.136. The molecule has 0 aromatic heterocycles. The maximum atomic E-state index is 13.1. The second kappa shape index (κ2) is 4.93. The molecule has 0 amide bonds. The molecule has 0 aliphatic heterocycles. The second-order valence-corrected chi connectivity index (χ2v) is 3.20. The van der Waals surface area contributed by atoms with Crippen molar-refractivity contribution in [2.45, 2.75) is 13.0 Å². The van der Waals surface area contributed by atoms with Crippen molar-refractivity contribution in [1.29, 1.82) is 0 Å². The highest BCUT2D eigenvalue weighted by Gasteiger charge is 2.04. The van der Waals surface area contributed by atoms with E-state index in [0.717, 1.165) is 5.56 Å². The molecule has 0 saturated carbocycles. The van der Waals surface area contributed by atoms with Crippen molar-refractivity contribution in [3.63, 3.8) is 0 Å². The number of aliphatic hydroxyl groups excluding tert-OH is 2. The smallest absolute Gasteiger partial charge is 0.146 e. The molecule has 78 valence electrons. The first-order valence-electron chi connectivity index (χ1n) is 4.42. The van der Waals surface area contributed by atoms with Gasteiger partial charge in [-0.3, -0.25) is 0 Å². The Morgan fingerprint density at radius 1 is 1.50 bits per heavy atom. The molecule has 0 radical (unpaired) electrons. The molecule has 0 aliphatic rings. The summed E-state index contributed by atoms with van der Waals surface area (Å²) in [4.78, 5) is 0. The summed E-state index contributed by atoms with van der Waals surface area (Å²) in [6.07, 6.45) is -0.866. The minimum Gasteiger partial charge on any atom is -0.394 e. The molecule has 0 aliphatic carbocycles. The van der Waals surface area contributed by atoms with E-state index in [1.165, 1.54) is 6.07 Å². The molecule has 0 saturated heterocycles. The van der Waals surface area contributed by atoms with E-state index in [-0.39, 0.29) is 19.0 Å². The molecule has 1 atom stereocenters. The van der Waals surface area contributed by atoms with Crippen LogP contribution in [-0.4, -0.2) is 29.5 Å². The Bertz CT molecular complexity index is 304. The van der Waals surface area contributed by atoms with Gasteiger partial charge in [-0.15, -0.1) is 0 Å². The number of hydrogen-bond acceptors (Lipinski definition) is 3. The summed E-state index contributed by atoms with van der Waals surface area (Å²) in [5, 5.41) is 20.3. The molecule has 1 aromatic rings. The predicted molar refractivity (Wildman–Crippen MR) is 52.7 cm³/mol.